The molecule has 1 aliphatic rings. The molecule has 2 aromatic carbocycles. The Morgan fingerprint density at radius 2 is 1.88 bits per heavy atom. The number of amides is 1. The lowest BCUT2D eigenvalue weighted by Crippen LogP contribution is -2.11. The van der Waals surface area contributed by atoms with Gasteiger partial charge in [0, 0.05) is 22.7 Å². The molecule has 0 spiro atoms. The van der Waals surface area contributed by atoms with Gasteiger partial charge >= 0.3 is 0 Å². The highest BCUT2D eigenvalue weighted by Gasteiger charge is 2.23. The lowest BCUT2D eigenvalue weighted by atomic mass is 10.1. The number of hydrogen-bond acceptors (Lipinski definition) is 4. The van der Waals surface area contributed by atoms with Crippen molar-refractivity contribution < 1.29 is 9.32 Å². The molecular weight excluding hydrogens is 326 g/mol. The third-order valence-electron chi connectivity index (χ3n) is 4.84. The molecule has 0 atom stereocenters. The first-order valence-electron chi connectivity index (χ1n) is 9.01. The molecule has 0 aliphatic heterocycles. The maximum atomic E-state index is 12.4. The minimum atomic E-state index is -0.137. The monoisotopic (exact) mass is 347 g/mol. The van der Waals surface area contributed by atoms with Gasteiger partial charge in [-0.25, -0.2) is 0 Å². The Hall–Kier alpha value is -2.95. The fourth-order valence-corrected chi connectivity index (χ4v) is 3.34. The van der Waals surface area contributed by atoms with E-state index in [1.807, 2.05) is 55.5 Å². The van der Waals surface area contributed by atoms with Crippen molar-refractivity contribution >= 4 is 11.6 Å². The molecule has 26 heavy (non-hydrogen) atoms. The number of benzene rings is 2. The maximum Gasteiger partial charge on any atom is 0.255 e. The topological polar surface area (TPSA) is 68.0 Å². The van der Waals surface area contributed by atoms with Gasteiger partial charge in [-0.05, 0) is 44.0 Å². The number of aromatic nitrogens is 2. The lowest BCUT2D eigenvalue weighted by Gasteiger charge is -2.06. The van der Waals surface area contributed by atoms with E-state index in [1.54, 1.807) is 0 Å². The van der Waals surface area contributed by atoms with Crippen LogP contribution in [-0.2, 0) is 0 Å². The average Bonchev–Trinajstić information content (AvgIpc) is 3.34. The normalized spacial score (nSPS) is 14.5. The van der Waals surface area contributed by atoms with E-state index in [2.05, 4.69) is 15.5 Å². The van der Waals surface area contributed by atoms with Gasteiger partial charge in [-0.3, -0.25) is 4.79 Å². The summed E-state index contributed by atoms with van der Waals surface area (Å²) in [6.07, 6.45) is 4.69. The third-order valence-corrected chi connectivity index (χ3v) is 4.84. The quantitative estimate of drug-likeness (QED) is 0.724. The van der Waals surface area contributed by atoms with Crippen LogP contribution in [-0.4, -0.2) is 16.0 Å². The van der Waals surface area contributed by atoms with Crippen molar-refractivity contribution in [3.05, 3.63) is 65.5 Å². The summed E-state index contributed by atoms with van der Waals surface area (Å²) in [5, 5.41) is 7.04. The van der Waals surface area contributed by atoms with Gasteiger partial charge in [-0.15, -0.1) is 0 Å². The maximum absolute atomic E-state index is 12.4. The van der Waals surface area contributed by atoms with Crippen LogP contribution in [0.1, 0.15) is 53.4 Å². The van der Waals surface area contributed by atoms with Crippen LogP contribution in [0.3, 0.4) is 0 Å². The average molecular weight is 347 g/mol. The van der Waals surface area contributed by atoms with E-state index in [4.69, 9.17) is 4.52 Å². The first-order valence-corrected chi connectivity index (χ1v) is 9.01. The molecular formula is C21H21N3O2. The Balaban J connectivity index is 1.51. The second kappa shape index (κ2) is 7.12. The second-order valence-corrected chi connectivity index (χ2v) is 6.84. The molecule has 1 aromatic heterocycles. The summed E-state index contributed by atoms with van der Waals surface area (Å²) in [7, 11) is 0. The van der Waals surface area contributed by atoms with Gasteiger partial charge in [0.1, 0.15) is 0 Å². The Morgan fingerprint density at radius 3 is 2.65 bits per heavy atom. The van der Waals surface area contributed by atoms with Crippen LogP contribution in [0, 0.1) is 6.92 Å². The number of anilines is 1. The molecule has 1 N–H and O–H groups in total. The zero-order chi connectivity index (χ0) is 17.9. The minimum absolute atomic E-state index is 0.137. The first kappa shape index (κ1) is 16.5. The van der Waals surface area contributed by atoms with Crippen LogP contribution in [0.25, 0.3) is 11.4 Å². The highest BCUT2D eigenvalue weighted by Crippen LogP contribution is 2.34. The number of nitrogens with zero attached hydrogens (tertiary/aromatic N) is 2. The number of aryl methyl sites for hydroxylation is 1. The van der Waals surface area contributed by atoms with E-state index in [-0.39, 0.29) is 5.91 Å². The summed E-state index contributed by atoms with van der Waals surface area (Å²) in [6, 6.07) is 15.0. The van der Waals surface area contributed by atoms with Crippen molar-refractivity contribution in [2.24, 2.45) is 0 Å². The van der Waals surface area contributed by atoms with Crippen LogP contribution < -0.4 is 5.32 Å². The number of nitrogens with one attached hydrogen (secondary N) is 1. The Kier molecular flexibility index (Phi) is 4.52. The molecule has 0 unspecified atom stereocenters. The van der Waals surface area contributed by atoms with Gasteiger partial charge in [0.05, 0.1) is 0 Å². The van der Waals surface area contributed by atoms with Crippen LogP contribution >= 0.6 is 0 Å². The fourth-order valence-electron chi connectivity index (χ4n) is 3.34. The van der Waals surface area contributed by atoms with Crippen molar-refractivity contribution in [2.75, 3.05) is 5.32 Å². The van der Waals surface area contributed by atoms with E-state index < -0.39 is 0 Å². The Bertz CT molecular complexity index is 909. The van der Waals surface area contributed by atoms with Gasteiger partial charge < -0.3 is 9.84 Å². The van der Waals surface area contributed by atoms with Crippen LogP contribution in [0.5, 0.6) is 0 Å². The zero-order valence-electron chi connectivity index (χ0n) is 14.7. The van der Waals surface area contributed by atoms with E-state index in [9.17, 15) is 4.79 Å². The van der Waals surface area contributed by atoms with Gasteiger partial charge in [0.25, 0.3) is 5.91 Å². The van der Waals surface area contributed by atoms with Crippen molar-refractivity contribution in [3.63, 3.8) is 0 Å². The molecule has 0 bridgehead atoms. The van der Waals surface area contributed by atoms with E-state index in [0.717, 1.165) is 29.9 Å². The molecule has 3 aromatic rings. The minimum Gasteiger partial charge on any atom is -0.339 e. The summed E-state index contributed by atoms with van der Waals surface area (Å²) in [5.74, 6) is 1.55. The lowest BCUT2D eigenvalue weighted by molar-refractivity contribution is 0.102. The third kappa shape index (κ3) is 3.52. The number of rotatable bonds is 4. The molecule has 0 saturated heterocycles. The summed E-state index contributed by atoms with van der Waals surface area (Å²) in [5.41, 5.74) is 3.29. The molecule has 1 aliphatic carbocycles. The van der Waals surface area contributed by atoms with E-state index in [1.165, 1.54) is 12.8 Å². The summed E-state index contributed by atoms with van der Waals surface area (Å²) in [4.78, 5) is 17.0. The van der Waals surface area contributed by atoms with Crippen molar-refractivity contribution in [1.29, 1.82) is 0 Å². The molecule has 4 rings (SSSR count). The molecule has 1 saturated carbocycles. The predicted octanol–water partition coefficient (Wildman–Crippen LogP) is 4.95. The molecule has 1 heterocycles. The largest absolute Gasteiger partial charge is 0.339 e. The fraction of sp³-hybridized carbons (Fsp3) is 0.286. The van der Waals surface area contributed by atoms with Crippen LogP contribution in [0.4, 0.5) is 5.69 Å². The summed E-state index contributed by atoms with van der Waals surface area (Å²) in [6.45, 7) is 2.00. The van der Waals surface area contributed by atoms with Crippen molar-refractivity contribution in [1.82, 2.24) is 10.1 Å². The highest BCUT2D eigenvalue weighted by atomic mass is 16.5. The zero-order valence-corrected chi connectivity index (χ0v) is 14.7. The molecule has 5 nitrogen and oxygen atoms in total. The van der Waals surface area contributed by atoms with Gasteiger partial charge in [-0.1, -0.05) is 47.8 Å². The van der Waals surface area contributed by atoms with Gasteiger partial charge in [-0.2, -0.15) is 4.98 Å². The van der Waals surface area contributed by atoms with Gasteiger partial charge in [0.15, 0.2) is 0 Å². The molecule has 1 fully saturated rings. The molecule has 132 valence electrons. The summed E-state index contributed by atoms with van der Waals surface area (Å²) < 4.78 is 5.46. The smallest absolute Gasteiger partial charge is 0.255 e. The summed E-state index contributed by atoms with van der Waals surface area (Å²) >= 11 is 0. The van der Waals surface area contributed by atoms with E-state index >= 15 is 0 Å². The first-order chi connectivity index (χ1) is 12.7. The molecule has 1 amide bonds. The molecule has 5 heteroatoms. The van der Waals surface area contributed by atoms with Gasteiger partial charge in [0.2, 0.25) is 11.7 Å². The Labute approximate surface area is 152 Å². The Morgan fingerprint density at radius 1 is 1.12 bits per heavy atom. The highest BCUT2D eigenvalue weighted by molar-refractivity contribution is 6.04. The number of hydrogen-bond donors (Lipinski definition) is 1. The SMILES string of the molecule is Cc1ccc(C(=O)Nc2cccc(-c3noc(C4CCCC4)n3)c2)cc1. The number of carbonyl (C=O) groups excluding carboxylic acids is 1. The van der Waals surface area contributed by atoms with Crippen molar-refractivity contribution in [2.45, 2.75) is 38.5 Å². The van der Waals surface area contributed by atoms with Crippen LogP contribution in [0.15, 0.2) is 53.1 Å². The van der Waals surface area contributed by atoms with E-state index in [0.29, 0.717) is 23.0 Å². The second-order valence-electron chi connectivity index (χ2n) is 6.84. The molecule has 0 radical (unpaired) electrons. The standard InChI is InChI=1S/C21H21N3O2/c1-14-9-11-15(12-10-14)20(25)22-18-8-4-7-17(13-18)19-23-21(26-24-19)16-5-2-3-6-16/h4,7-13,16H,2-3,5-6H2,1H3,(H,22,25). The van der Waals surface area contributed by atoms with Crippen molar-refractivity contribution in [3.8, 4) is 11.4 Å². The predicted molar refractivity (Wildman–Crippen MR) is 100 cm³/mol. The number of carbonyl (C=O) groups is 1. The van der Waals surface area contributed by atoms with Crippen LogP contribution in [0.2, 0.25) is 0 Å².